The van der Waals surface area contributed by atoms with Crippen LogP contribution in [0.4, 0.5) is 13.2 Å². The topological polar surface area (TPSA) is 32.8 Å². The second-order valence-electron chi connectivity index (χ2n) is 8.87. The number of fused-ring (bicyclic) bond motifs is 1. The molecule has 2 unspecified atom stereocenters. The van der Waals surface area contributed by atoms with E-state index in [1.165, 1.54) is 0 Å². The minimum atomic E-state index is -4.49. The summed E-state index contributed by atoms with van der Waals surface area (Å²) in [6.07, 6.45) is 0.790. The molecule has 1 saturated heterocycles. The minimum Gasteiger partial charge on any atom is -0.490 e. The van der Waals surface area contributed by atoms with Crippen LogP contribution < -0.4 is 4.74 Å². The van der Waals surface area contributed by atoms with Gasteiger partial charge in [-0.25, -0.2) is 0 Å². The van der Waals surface area contributed by atoms with E-state index in [2.05, 4.69) is 15.9 Å². The fourth-order valence-corrected chi connectivity index (χ4v) is 5.07. The van der Waals surface area contributed by atoms with Crippen molar-refractivity contribution in [1.82, 2.24) is 9.80 Å². The molecule has 2 fully saturated rings. The molecule has 32 heavy (non-hydrogen) atoms. The highest BCUT2D eigenvalue weighted by Gasteiger charge is 2.41. The summed E-state index contributed by atoms with van der Waals surface area (Å²) < 4.78 is 47.3. The van der Waals surface area contributed by atoms with Gasteiger partial charge in [-0.1, -0.05) is 5.57 Å². The number of amides is 1. The van der Waals surface area contributed by atoms with Gasteiger partial charge in [-0.3, -0.25) is 4.79 Å². The third-order valence-electron chi connectivity index (χ3n) is 6.01. The van der Waals surface area contributed by atoms with Crippen LogP contribution in [0.1, 0.15) is 57.7 Å². The van der Waals surface area contributed by atoms with Gasteiger partial charge in [-0.05, 0) is 92.4 Å². The van der Waals surface area contributed by atoms with Crippen molar-refractivity contribution in [2.45, 2.75) is 64.9 Å². The van der Waals surface area contributed by atoms with Crippen molar-refractivity contribution in [3.05, 3.63) is 62.9 Å². The van der Waals surface area contributed by atoms with Crippen molar-refractivity contribution in [1.29, 1.82) is 0 Å². The highest BCUT2D eigenvalue weighted by Crippen LogP contribution is 2.41. The molecule has 1 saturated carbocycles. The number of allylic oxidation sites excluding steroid dienone is 4. The molecule has 1 aromatic carbocycles. The Morgan fingerprint density at radius 3 is 2.47 bits per heavy atom. The first-order valence-corrected chi connectivity index (χ1v) is 11.5. The Labute approximate surface area is 194 Å². The lowest BCUT2D eigenvalue weighted by Crippen LogP contribution is -2.54. The van der Waals surface area contributed by atoms with Crippen LogP contribution >= 0.6 is 15.9 Å². The molecule has 2 aliphatic heterocycles. The van der Waals surface area contributed by atoms with Crippen LogP contribution in [0.3, 0.4) is 0 Å². The van der Waals surface area contributed by atoms with Crippen LogP contribution in [0.25, 0.3) is 0 Å². The monoisotopic (exact) mass is 510 g/mol. The highest BCUT2D eigenvalue weighted by atomic mass is 79.9. The number of rotatable bonds is 4. The van der Waals surface area contributed by atoms with Crippen molar-refractivity contribution in [3.8, 4) is 5.75 Å². The molecular formula is C24H26BrF3N2O2. The number of nitrogens with zero attached hydrogens (tertiary/aromatic N) is 2. The van der Waals surface area contributed by atoms with Gasteiger partial charge < -0.3 is 14.5 Å². The largest absolute Gasteiger partial charge is 0.490 e. The van der Waals surface area contributed by atoms with Crippen molar-refractivity contribution < 1.29 is 22.7 Å². The summed E-state index contributed by atoms with van der Waals surface area (Å²) in [4.78, 5) is 17.2. The summed E-state index contributed by atoms with van der Waals surface area (Å²) in [7, 11) is 0. The fourth-order valence-electron chi connectivity index (χ4n) is 4.33. The Balaban J connectivity index is 1.70. The van der Waals surface area contributed by atoms with E-state index >= 15 is 0 Å². The van der Waals surface area contributed by atoms with Crippen LogP contribution in [-0.4, -0.2) is 34.4 Å². The lowest BCUT2D eigenvalue weighted by molar-refractivity contribution is -0.137. The minimum absolute atomic E-state index is 0.0224. The van der Waals surface area contributed by atoms with Crippen molar-refractivity contribution in [2.24, 2.45) is 0 Å². The molecular weight excluding hydrogens is 485 g/mol. The first-order valence-electron chi connectivity index (χ1n) is 10.7. The Morgan fingerprint density at radius 1 is 1.19 bits per heavy atom. The Morgan fingerprint density at radius 2 is 1.88 bits per heavy atom. The Kier molecular flexibility index (Phi) is 5.94. The second kappa shape index (κ2) is 8.28. The number of hydrogen-bond acceptors (Lipinski definition) is 3. The van der Waals surface area contributed by atoms with Crippen LogP contribution in [-0.2, 0) is 11.0 Å². The summed E-state index contributed by atoms with van der Waals surface area (Å²) in [5.41, 5.74) is 2.21. The van der Waals surface area contributed by atoms with E-state index in [1.807, 2.05) is 31.7 Å². The highest BCUT2D eigenvalue weighted by molar-refractivity contribution is 9.12. The van der Waals surface area contributed by atoms with Crippen molar-refractivity contribution >= 4 is 21.8 Å². The molecule has 0 bridgehead atoms. The lowest BCUT2D eigenvalue weighted by atomic mass is 9.97. The zero-order chi connectivity index (χ0) is 23.4. The van der Waals surface area contributed by atoms with Gasteiger partial charge in [0.2, 0.25) is 0 Å². The number of carbonyl (C=O) groups excluding carboxylic acids is 1. The maximum absolute atomic E-state index is 13.6. The number of benzene rings is 1. The Bertz CT molecular complexity index is 1040. The third kappa shape index (κ3) is 4.34. The summed E-state index contributed by atoms with van der Waals surface area (Å²) in [6, 6.07) is 3.06. The molecule has 172 valence electrons. The summed E-state index contributed by atoms with van der Waals surface area (Å²) in [6.45, 7) is 8.23. The molecule has 0 aromatic heterocycles. The maximum atomic E-state index is 13.6. The molecule has 2 atom stereocenters. The average molecular weight is 511 g/mol. The van der Waals surface area contributed by atoms with E-state index in [9.17, 15) is 18.0 Å². The number of halogens is 4. The van der Waals surface area contributed by atoms with E-state index in [4.69, 9.17) is 4.74 Å². The van der Waals surface area contributed by atoms with Gasteiger partial charge in [0, 0.05) is 17.1 Å². The molecule has 1 amide bonds. The third-order valence-corrected chi connectivity index (χ3v) is 6.65. The van der Waals surface area contributed by atoms with Gasteiger partial charge in [-0.2, -0.15) is 13.2 Å². The predicted molar refractivity (Wildman–Crippen MR) is 120 cm³/mol. The number of alkyl halides is 3. The van der Waals surface area contributed by atoms with Crippen LogP contribution in [0.15, 0.2) is 51.8 Å². The fraction of sp³-hybridized carbons (Fsp3) is 0.458. The first kappa shape index (κ1) is 23.0. The molecule has 0 N–H and O–H groups in total. The molecule has 2 heterocycles. The number of ether oxygens (including phenoxy) is 1. The lowest BCUT2D eigenvalue weighted by Gasteiger charge is -2.46. The molecule has 3 aliphatic rings. The van der Waals surface area contributed by atoms with Gasteiger partial charge in [0.05, 0.1) is 23.4 Å². The first-order chi connectivity index (χ1) is 15.0. The second-order valence-corrected chi connectivity index (χ2v) is 9.72. The zero-order valence-corrected chi connectivity index (χ0v) is 20.0. The molecule has 4 rings (SSSR count). The molecule has 4 nitrogen and oxygen atoms in total. The molecule has 8 heteroatoms. The summed E-state index contributed by atoms with van der Waals surface area (Å²) >= 11 is 3.57. The Hall–Kier alpha value is -2.22. The van der Waals surface area contributed by atoms with Crippen LogP contribution in [0, 0.1) is 0 Å². The van der Waals surface area contributed by atoms with Gasteiger partial charge in [0.15, 0.2) is 0 Å². The van der Waals surface area contributed by atoms with Crippen molar-refractivity contribution in [2.75, 3.05) is 6.54 Å². The SMILES string of the molecule is CC(C)=C1C(Br)=CC=C2C(=O)N(C(C)c3cc(OC4CC4)cc(C(F)(F)F)c3)C(C)CN21. The number of carbonyl (C=O) groups is 1. The van der Waals surface area contributed by atoms with Gasteiger partial charge in [0.25, 0.3) is 5.91 Å². The number of piperazine rings is 1. The van der Waals surface area contributed by atoms with E-state index in [1.54, 1.807) is 24.0 Å². The standard InChI is InChI=1S/C24H26BrF3N2O2/c1-13(2)22-20(25)7-8-21-23(31)30(14(3)12-29(21)22)15(4)16-9-17(24(26,27)28)11-19(10-16)32-18-5-6-18/h7-11,14-15,18H,5-6,12H2,1-4H3. The van der Waals surface area contributed by atoms with E-state index in [-0.39, 0.29) is 23.8 Å². The zero-order valence-electron chi connectivity index (χ0n) is 18.5. The van der Waals surface area contributed by atoms with Gasteiger partial charge in [0.1, 0.15) is 11.4 Å². The smallest absolute Gasteiger partial charge is 0.416 e. The normalized spacial score (nSPS) is 22.3. The van der Waals surface area contributed by atoms with E-state index in [0.717, 1.165) is 40.7 Å². The van der Waals surface area contributed by atoms with Gasteiger partial charge >= 0.3 is 6.18 Å². The molecule has 0 radical (unpaired) electrons. The summed E-state index contributed by atoms with van der Waals surface area (Å²) in [5.74, 6) is 0.00630. The quantitative estimate of drug-likeness (QED) is 0.475. The van der Waals surface area contributed by atoms with Crippen LogP contribution in [0.2, 0.25) is 0 Å². The maximum Gasteiger partial charge on any atom is 0.416 e. The summed E-state index contributed by atoms with van der Waals surface area (Å²) in [5, 5.41) is 0. The predicted octanol–water partition coefficient (Wildman–Crippen LogP) is 6.31. The average Bonchev–Trinajstić information content (AvgIpc) is 3.50. The molecule has 1 aromatic rings. The van der Waals surface area contributed by atoms with Crippen molar-refractivity contribution in [3.63, 3.8) is 0 Å². The van der Waals surface area contributed by atoms with E-state index < -0.39 is 17.8 Å². The molecule has 1 aliphatic carbocycles. The van der Waals surface area contributed by atoms with E-state index in [0.29, 0.717) is 17.8 Å². The van der Waals surface area contributed by atoms with Gasteiger partial charge in [-0.15, -0.1) is 0 Å². The number of hydrogen-bond donors (Lipinski definition) is 0. The van der Waals surface area contributed by atoms with Crippen LogP contribution in [0.5, 0.6) is 5.75 Å². The molecule has 0 spiro atoms.